The van der Waals surface area contributed by atoms with Crippen LogP contribution in [0.15, 0.2) is 30.3 Å². The van der Waals surface area contributed by atoms with E-state index in [0.29, 0.717) is 5.41 Å². The Labute approximate surface area is 119 Å². The van der Waals surface area contributed by atoms with Crippen molar-refractivity contribution in [3.8, 4) is 0 Å². The van der Waals surface area contributed by atoms with Gasteiger partial charge in [0.15, 0.2) is 0 Å². The number of rotatable bonds is 7. The summed E-state index contributed by atoms with van der Waals surface area (Å²) in [5, 5.41) is 1.16. The van der Waals surface area contributed by atoms with Gasteiger partial charge in [-0.15, -0.1) is 0 Å². The molecule has 0 unspecified atom stereocenters. The molecule has 2 heteroatoms. The molecule has 0 N–H and O–H groups in total. The third kappa shape index (κ3) is 3.83. The molecule has 0 aliphatic heterocycles. The summed E-state index contributed by atoms with van der Waals surface area (Å²) in [6.07, 6.45) is 5.26. The smallest absolute Gasteiger partial charge is 0.0716 e. The van der Waals surface area contributed by atoms with Gasteiger partial charge in [0.25, 0.3) is 0 Å². The molecule has 1 aromatic rings. The van der Waals surface area contributed by atoms with E-state index in [2.05, 4.69) is 47.1 Å². The lowest BCUT2D eigenvalue weighted by molar-refractivity contribution is 0.0574. The molecule has 1 fully saturated rings. The highest BCUT2D eigenvalue weighted by Gasteiger charge is 2.40. The fourth-order valence-electron chi connectivity index (χ4n) is 3.11. The molecule has 1 aromatic carbocycles. The number of ether oxygens (including phenoxy) is 1. The van der Waals surface area contributed by atoms with Crippen LogP contribution >= 0.6 is 15.9 Å². The molecule has 0 radical (unpaired) electrons. The van der Waals surface area contributed by atoms with E-state index >= 15 is 0 Å². The van der Waals surface area contributed by atoms with E-state index in [1.165, 1.54) is 31.2 Å². The summed E-state index contributed by atoms with van der Waals surface area (Å²) in [5.41, 5.74) is 1.85. The molecule has 0 spiro atoms. The van der Waals surface area contributed by atoms with Crippen molar-refractivity contribution in [2.24, 2.45) is 11.3 Å². The van der Waals surface area contributed by atoms with Crippen molar-refractivity contribution in [3.63, 3.8) is 0 Å². The predicted molar refractivity (Wildman–Crippen MR) is 80.0 cm³/mol. The maximum atomic E-state index is 5.74. The Bertz CT molecular complexity index is 343. The van der Waals surface area contributed by atoms with Crippen LogP contribution in [0.25, 0.3) is 0 Å². The van der Waals surface area contributed by atoms with E-state index in [0.717, 1.165) is 24.5 Å². The van der Waals surface area contributed by atoms with Crippen LogP contribution in [0.3, 0.4) is 0 Å². The van der Waals surface area contributed by atoms with Gasteiger partial charge in [0.1, 0.15) is 0 Å². The lowest BCUT2D eigenvalue weighted by Crippen LogP contribution is -2.37. The van der Waals surface area contributed by atoms with Crippen LogP contribution in [0, 0.1) is 11.3 Å². The summed E-state index contributed by atoms with van der Waals surface area (Å²) >= 11 is 3.68. The molecule has 0 amide bonds. The zero-order valence-corrected chi connectivity index (χ0v) is 12.8. The molecule has 100 valence electrons. The molecular formula is C16H23BrO. The average molecular weight is 311 g/mol. The van der Waals surface area contributed by atoms with Crippen molar-refractivity contribution in [1.29, 1.82) is 0 Å². The van der Waals surface area contributed by atoms with Crippen molar-refractivity contribution in [2.75, 3.05) is 11.9 Å². The van der Waals surface area contributed by atoms with Crippen LogP contribution < -0.4 is 0 Å². The van der Waals surface area contributed by atoms with Gasteiger partial charge in [-0.25, -0.2) is 0 Å². The summed E-state index contributed by atoms with van der Waals surface area (Å²) < 4.78 is 5.74. The quantitative estimate of drug-likeness (QED) is 0.519. The van der Waals surface area contributed by atoms with E-state index in [9.17, 15) is 0 Å². The Balaban J connectivity index is 1.59. The van der Waals surface area contributed by atoms with E-state index in [1.807, 2.05) is 6.07 Å². The lowest BCUT2D eigenvalue weighted by Gasteiger charge is -2.46. The molecule has 1 saturated carbocycles. The van der Waals surface area contributed by atoms with E-state index in [1.54, 1.807) is 0 Å². The third-order valence-electron chi connectivity index (χ3n) is 3.95. The van der Waals surface area contributed by atoms with Gasteiger partial charge in [0.05, 0.1) is 6.61 Å². The van der Waals surface area contributed by atoms with Gasteiger partial charge < -0.3 is 4.74 Å². The van der Waals surface area contributed by atoms with Crippen molar-refractivity contribution in [1.82, 2.24) is 0 Å². The largest absolute Gasteiger partial charge is 0.377 e. The number of hydrogen-bond acceptors (Lipinski definition) is 1. The monoisotopic (exact) mass is 310 g/mol. The van der Waals surface area contributed by atoms with Crippen molar-refractivity contribution < 1.29 is 4.74 Å². The SMILES string of the molecule is CC1CC(CBr)(CCCOCc2ccccc2)C1. The van der Waals surface area contributed by atoms with Gasteiger partial charge in [-0.2, -0.15) is 0 Å². The Morgan fingerprint density at radius 1 is 1.28 bits per heavy atom. The van der Waals surface area contributed by atoms with Crippen LogP contribution in [-0.2, 0) is 11.3 Å². The summed E-state index contributed by atoms with van der Waals surface area (Å²) in [7, 11) is 0. The van der Waals surface area contributed by atoms with Gasteiger partial charge in [-0.3, -0.25) is 0 Å². The highest BCUT2D eigenvalue weighted by atomic mass is 79.9. The van der Waals surface area contributed by atoms with Gasteiger partial charge in [-0.1, -0.05) is 53.2 Å². The van der Waals surface area contributed by atoms with E-state index < -0.39 is 0 Å². The highest BCUT2D eigenvalue weighted by molar-refractivity contribution is 9.09. The third-order valence-corrected chi connectivity index (χ3v) is 5.14. The summed E-state index contributed by atoms with van der Waals surface area (Å²) in [6, 6.07) is 10.4. The van der Waals surface area contributed by atoms with Crippen molar-refractivity contribution in [3.05, 3.63) is 35.9 Å². The fourth-order valence-corrected chi connectivity index (χ4v) is 3.85. The number of hydrogen-bond donors (Lipinski definition) is 0. The molecule has 1 aliphatic rings. The molecule has 18 heavy (non-hydrogen) atoms. The molecule has 2 rings (SSSR count). The van der Waals surface area contributed by atoms with Gasteiger partial charge in [-0.05, 0) is 42.6 Å². The maximum Gasteiger partial charge on any atom is 0.0716 e. The average Bonchev–Trinajstić information content (AvgIpc) is 2.37. The second-order valence-electron chi connectivity index (χ2n) is 5.79. The molecule has 0 saturated heterocycles. The standard InChI is InChI=1S/C16H23BrO/c1-14-10-16(11-14,13-17)8-5-9-18-12-15-6-3-2-4-7-15/h2-4,6-7,14H,5,8-13H2,1H3. The fraction of sp³-hybridized carbons (Fsp3) is 0.625. The lowest BCUT2D eigenvalue weighted by atomic mass is 9.62. The minimum Gasteiger partial charge on any atom is -0.377 e. The van der Waals surface area contributed by atoms with Crippen molar-refractivity contribution in [2.45, 2.75) is 39.2 Å². The number of halogens is 1. The van der Waals surface area contributed by atoms with Gasteiger partial charge >= 0.3 is 0 Å². The number of benzene rings is 1. The normalized spacial score (nSPS) is 26.9. The zero-order chi connectivity index (χ0) is 12.8. The molecule has 0 aromatic heterocycles. The van der Waals surface area contributed by atoms with Crippen LogP contribution in [0.1, 0.15) is 38.2 Å². The van der Waals surface area contributed by atoms with Crippen LogP contribution in [-0.4, -0.2) is 11.9 Å². The van der Waals surface area contributed by atoms with Crippen LogP contribution in [0.5, 0.6) is 0 Å². The second kappa shape index (κ2) is 6.72. The number of alkyl halides is 1. The van der Waals surface area contributed by atoms with Gasteiger partial charge in [0, 0.05) is 11.9 Å². The first kappa shape index (κ1) is 14.1. The minimum absolute atomic E-state index is 0.579. The van der Waals surface area contributed by atoms with E-state index in [-0.39, 0.29) is 0 Å². The summed E-state index contributed by atoms with van der Waals surface area (Å²) in [5.74, 6) is 0.924. The van der Waals surface area contributed by atoms with Crippen LogP contribution in [0.2, 0.25) is 0 Å². The molecule has 0 heterocycles. The Morgan fingerprint density at radius 2 is 2.00 bits per heavy atom. The maximum absolute atomic E-state index is 5.74. The first-order chi connectivity index (χ1) is 8.74. The molecular weight excluding hydrogens is 288 g/mol. The zero-order valence-electron chi connectivity index (χ0n) is 11.2. The van der Waals surface area contributed by atoms with Gasteiger partial charge in [0.2, 0.25) is 0 Å². The molecule has 1 nitrogen and oxygen atoms in total. The second-order valence-corrected chi connectivity index (χ2v) is 6.35. The first-order valence-corrected chi connectivity index (χ1v) is 8.04. The molecule has 1 aliphatic carbocycles. The Kier molecular flexibility index (Phi) is 5.25. The molecule has 0 bridgehead atoms. The Morgan fingerprint density at radius 3 is 2.61 bits per heavy atom. The topological polar surface area (TPSA) is 9.23 Å². The predicted octanol–water partition coefficient (Wildman–Crippen LogP) is 4.79. The highest BCUT2D eigenvalue weighted by Crippen LogP contribution is 2.49. The van der Waals surface area contributed by atoms with Crippen molar-refractivity contribution >= 4 is 15.9 Å². The minimum atomic E-state index is 0.579. The summed E-state index contributed by atoms with van der Waals surface area (Å²) in [6.45, 7) is 3.99. The van der Waals surface area contributed by atoms with E-state index in [4.69, 9.17) is 4.74 Å². The first-order valence-electron chi connectivity index (χ1n) is 6.92. The molecule has 0 atom stereocenters. The summed E-state index contributed by atoms with van der Waals surface area (Å²) in [4.78, 5) is 0. The van der Waals surface area contributed by atoms with Crippen LogP contribution in [0.4, 0.5) is 0 Å². The Hall–Kier alpha value is -0.340.